The third-order valence-corrected chi connectivity index (χ3v) is 5.25. The molecule has 0 radical (unpaired) electrons. The highest BCUT2D eigenvalue weighted by Crippen LogP contribution is 2.25. The molecular formula is C21H31ClN4O4. The number of imide groups is 1. The van der Waals surface area contributed by atoms with E-state index in [1.807, 2.05) is 35.8 Å². The van der Waals surface area contributed by atoms with E-state index in [2.05, 4.69) is 10.6 Å². The molecule has 0 aliphatic carbocycles. The average Bonchev–Trinajstić information content (AvgIpc) is 2.69. The number of hydrogen-bond donors (Lipinski definition) is 2. The monoisotopic (exact) mass is 438 g/mol. The van der Waals surface area contributed by atoms with Crippen LogP contribution in [0.25, 0.3) is 0 Å². The van der Waals surface area contributed by atoms with Crippen LogP contribution in [-0.2, 0) is 14.3 Å². The summed E-state index contributed by atoms with van der Waals surface area (Å²) in [4.78, 5) is 40.9. The van der Waals surface area contributed by atoms with Crippen molar-refractivity contribution >= 4 is 29.5 Å². The number of piperazine rings is 1. The Hall–Kier alpha value is -2.16. The van der Waals surface area contributed by atoms with Gasteiger partial charge in [0, 0.05) is 37.2 Å². The zero-order valence-corrected chi connectivity index (χ0v) is 18.7. The summed E-state index contributed by atoms with van der Waals surface area (Å²) in [6.45, 7) is 9.86. The maximum atomic E-state index is 12.6. The second-order valence-electron chi connectivity index (χ2n) is 7.57. The lowest BCUT2D eigenvalue weighted by molar-refractivity contribution is -0.151. The maximum Gasteiger partial charge on any atom is 0.328 e. The van der Waals surface area contributed by atoms with E-state index in [9.17, 15) is 14.4 Å². The van der Waals surface area contributed by atoms with Gasteiger partial charge in [0.2, 0.25) is 5.91 Å². The van der Waals surface area contributed by atoms with Crippen molar-refractivity contribution in [3.8, 4) is 0 Å². The van der Waals surface area contributed by atoms with Crippen LogP contribution < -0.4 is 10.6 Å². The molecule has 1 saturated heterocycles. The van der Waals surface area contributed by atoms with Gasteiger partial charge in [0.1, 0.15) is 6.04 Å². The second-order valence-corrected chi connectivity index (χ2v) is 8.01. The number of nitrogens with zero attached hydrogens (tertiary/aromatic N) is 2. The Kier molecular flexibility index (Phi) is 9.08. The van der Waals surface area contributed by atoms with Crippen LogP contribution in [0.15, 0.2) is 24.3 Å². The molecule has 1 fully saturated rings. The van der Waals surface area contributed by atoms with E-state index in [0.717, 1.165) is 5.56 Å². The van der Waals surface area contributed by atoms with Gasteiger partial charge in [-0.05, 0) is 45.4 Å². The molecule has 166 valence electrons. The first kappa shape index (κ1) is 24.1. The topological polar surface area (TPSA) is 91.0 Å². The van der Waals surface area contributed by atoms with Crippen LogP contribution in [0.1, 0.15) is 39.3 Å². The minimum Gasteiger partial charge on any atom is -0.465 e. The Morgan fingerprint density at radius 3 is 2.13 bits per heavy atom. The number of rotatable bonds is 7. The molecule has 3 amide bonds. The van der Waals surface area contributed by atoms with Crippen molar-refractivity contribution in [1.29, 1.82) is 0 Å². The Morgan fingerprint density at radius 2 is 1.60 bits per heavy atom. The zero-order chi connectivity index (χ0) is 22.3. The van der Waals surface area contributed by atoms with Crippen LogP contribution in [0, 0.1) is 0 Å². The lowest BCUT2D eigenvalue weighted by Gasteiger charge is -2.40. The third-order valence-electron chi connectivity index (χ3n) is 4.99. The van der Waals surface area contributed by atoms with E-state index in [0.29, 0.717) is 37.8 Å². The van der Waals surface area contributed by atoms with Crippen LogP contribution in [0.4, 0.5) is 4.79 Å². The van der Waals surface area contributed by atoms with Gasteiger partial charge in [-0.15, -0.1) is 0 Å². The minimum absolute atomic E-state index is 0.0515. The molecule has 0 bridgehead atoms. The van der Waals surface area contributed by atoms with Gasteiger partial charge >= 0.3 is 12.0 Å². The lowest BCUT2D eigenvalue weighted by Crippen LogP contribution is -2.56. The quantitative estimate of drug-likeness (QED) is 0.634. The van der Waals surface area contributed by atoms with Crippen molar-refractivity contribution in [2.24, 2.45) is 0 Å². The Balaban J connectivity index is 2.00. The van der Waals surface area contributed by atoms with Gasteiger partial charge in [-0.25, -0.2) is 9.59 Å². The number of urea groups is 1. The SMILES string of the molecule is CCOC(=O)[C@@H](c1ccc(Cl)cc1)N1CCN([C@@H](C)C(=O)NC(=O)NC(C)C)CC1. The van der Waals surface area contributed by atoms with Crippen LogP contribution in [0.5, 0.6) is 0 Å². The van der Waals surface area contributed by atoms with E-state index >= 15 is 0 Å². The van der Waals surface area contributed by atoms with Crippen molar-refractivity contribution in [1.82, 2.24) is 20.4 Å². The van der Waals surface area contributed by atoms with Gasteiger partial charge in [0.05, 0.1) is 12.6 Å². The molecule has 1 aliphatic rings. The van der Waals surface area contributed by atoms with Crippen molar-refractivity contribution < 1.29 is 19.1 Å². The molecule has 2 rings (SSSR count). The summed E-state index contributed by atoms with van der Waals surface area (Å²) in [5, 5.41) is 5.62. The van der Waals surface area contributed by atoms with Gasteiger partial charge in [0.25, 0.3) is 0 Å². The average molecular weight is 439 g/mol. The van der Waals surface area contributed by atoms with E-state index in [-0.39, 0.29) is 17.9 Å². The summed E-state index contributed by atoms with van der Waals surface area (Å²) < 4.78 is 5.29. The van der Waals surface area contributed by atoms with Crippen molar-refractivity contribution in [2.75, 3.05) is 32.8 Å². The van der Waals surface area contributed by atoms with Gasteiger partial charge in [-0.3, -0.25) is 19.9 Å². The number of benzene rings is 1. The molecule has 2 atom stereocenters. The summed E-state index contributed by atoms with van der Waals surface area (Å²) >= 11 is 5.99. The number of carbonyl (C=O) groups is 3. The smallest absolute Gasteiger partial charge is 0.328 e. The first-order chi connectivity index (χ1) is 14.2. The Bertz CT molecular complexity index is 733. The molecule has 2 N–H and O–H groups in total. The molecule has 1 aliphatic heterocycles. The summed E-state index contributed by atoms with van der Waals surface area (Å²) in [7, 11) is 0. The number of ether oxygens (including phenoxy) is 1. The minimum atomic E-state index is -0.523. The zero-order valence-electron chi connectivity index (χ0n) is 18.0. The number of halogens is 1. The number of esters is 1. The Morgan fingerprint density at radius 1 is 1.03 bits per heavy atom. The van der Waals surface area contributed by atoms with Crippen LogP contribution in [0.2, 0.25) is 5.02 Å². The second kappa shape index (κ2) is 11.3. The highest BCUT2D eigenvalue weighted by Gasteiger charge is 2.34. The fourth-order valence-corrected chi connectivity index (χ4v) is 3.55. The standard InChI is InChI=1S/C21H31ClN4O4/c1-5-30-20(28)18(16-6-8-17(22)9-7-16)26-12-10-25(11-13-26)15(4)19(27)24-21(29)23-14(2)3/h6-9,14-15,18H,5,10-13H2,1-4H3,(H2,23,24,27,29)/t15-,18+/m0/s1. The van der Waals surface area contributed by atoms with Gasteiger partial charge in [-0.2, -0.15) is 0 Å². The molecule has 1 aromatic rings. The maximum absolute atomic E-state index is 12.6. The highest BCUT2D eigenvalue weighted by atomic mass is 35.5. The van der Waals surface area contributed by atoms with Gasteiger partial charge in [0.15, 0.2) is 0 Å². The summed E-state index contributed by atoms with van der Waals surface area (Å²) in [6, 6.07) is 5.66. The summed E-state index contributed by atoms with van der Waals surface area (Å²) in [6.07, 6.45) is 0. The largest absolute Gasteiger partial charge is 0.465 e. The molecule has 1 aromatic carbocycles. The Labute approximate surface area is 182 Å². The number of carbonyl (C=O) groups excluding carboxylic acids is 3. The fraction of sp³-hybridized carbons (Fsp3) is 0.571. The molecule has 9 heteroatoms. The van der Waals surface area contributed by atoms with E-state index < -0.39 is 18.1 Å². The van der Waals surface area contributed by atoms with Gasteiger partial charge < -0.3 is 10.1 Å². The molecule has 0 unspecified atom stereocenters. The molecule has 0 aromatic heterocycles. The van der Waals surface area contributed by atoms with Crippen molar-refractivity contribution in [3.63, 3.8) is 0 Å². The van der Waals surface area contributed by atoms with Crippen LogP contribution in [0.3, 0.4) is 0 Å². The highest BCUT2D eigenvalue weighted by molar-refractivity contribution is 6.30. The predicted molar refractivity (Wildman–Crippen MR) is 115 cm³/mol. The molecular weight excluding hydrogens is 408 g/mol. The predicted octanol–water partition coefficient (Wildman–Crippen LogP) is 2.18. The third kappa shape index (κ3) is 6.68. The van der Waals surface area contributed by atoms with Gasteiger partial charge in [-0.1, -0.05) is 23.7 Å². The van der Waals surface area contributed by atoms with Crippen molar-refractivity contribution in [3.05, 3.63) is 34.9 Å². The lowest BCUT2D eigenvalue weighted by atomic mass is 10.0. The fourth-order valence-electron chi connectivity index (χ4n) is 3.43. The number of hydrogen-bond acceptors (Lipinski definition) is 6. The number of nitrogens with one attached hydrogen (secondary N) is 2. The first-order valence-electron chi connectivity index (χ1n) is 10.2. The number of amides is 3. The van der Waals surface area contributed by atoms with E-state index in [1.165, 1.54) is 0 Å². The van der Waals surface area contributed by atoms with E-state index in [4.69, 9.17) is 16.3 Å². The van der Waals surface area contributed by atoms with Crippen molar-refractivity contribution in [2.45, 2.75) is 45.8 Å². The molecule has 30 heavy (non-hydrogen) atoms. The molecule has 0 spiro atoms. The molecule has 8 nitrogen and oxygen atoms in total. The van der Waals surface area contributed by atoms with Crippen LogP contribution >= 0.6 is 11.6 Å². The summed E-state index contributed by atoms with van der Waals surface area (Å²) in [5.74, 6) is -0.648. The normalized spacial score (nSPS) is 17.3. The van der Waals surface area contributed by atoms with Crippen LogP contribution in [-0.4, -0.2) is 72.6 Å². The van der Waals surface area contributed by atoms with E-state index in [1.54, 1.807) is 26.0 Å². The first-order valence-corrected chi connectivity index (χ1v) is 10.6. The molecule has 1 heterocycles. The molecule has 0 saturated carbocycles. The summed E-state index contributed by atoms with van der Waals surface area (Å²) in [5.41, 5.74) is 0.822.